The second kappa shape index (κ2) is 3.11. The van der Waals surface area contributed by atoms with Crippen LogP contribution in [0.1, 0.15) is 5.56 Å². The van der Waals surface area contributed by atoms with E-state index < -0.39 is 0 Å². The zero-order valence-electron chi connectivity index (χ0n) is 7.50. The lowest BCUT2D eigenvalue weighted by atomic mass is 10.1. The molecule has 3 N–H and O–H groups in total. The van der Waals surface area contributed by atoms with Gasteiger partial charge in [-0.25, -0.2) is 0 Å². The highest BCUT2D eigenvalue weighted by Crippen LogP contribution is 2.24. The smallest absolute Gasteiger partial charge is 0.124 e. The second-order valence-corrected chi connectivity index (χ2v) is 2.93. The molecule has 3 nitrogen and oxygen atoms in total. The van der Waals surface area contributed by atoms with Crippen LogP contribution in [-0.4, -0.2) is 12.1 Å². The maximum Gasteiger partial charge on any atom is 0.124 e. The summed E-state index contributed by atoms with van der Waals surface area (Å²) in [5.41, 5.74) is 7.72. The van der Waals surface area contributed by atoms with Crippen molar-refractivity contribution in [2.24, 2.45) is 5.73 Å². The molecule has 68 valence electrons. The molecule has 0 amide bonds. The highest BCUT2D eigenvalue weighted by molar-refractivity contribution is 5.82. The maximum atomic E-state index is 5.59. The molecule has 3 heteroatoms. The lowest BCUT2D eigenvalue weighted by Gasteiger charge is -2.06. The number of ether oxygens (including phenoxy) is 1. The predicted molar refractivity (Wildman–Crippen MR) is 52.7 cm³/mol. The molecule has 0 unspecified atom stereocenters. The summed E-state index contributed by atoms with van der Waals surface area (Å²) < 4.78 is 5.22. The number of benzene rings is 1. The third kappa shape index (κ3) is 1.27. The quantitative estimate of drug-likeness (QED) is 0.730. The van der Waals surface area contributed by atoms with Crippen molar-refractivity contribution in [3.63, 3.8) is 0 Å². The fraction of sp³-hybridized carbons (Fsp3) is 0.200. The van der Waals surface area contributed by atoms with Crippen molar-refractivity contribution in [1.82, 2.24) is 4.98 Å². The van der Waals surface area contributed by atoms with Gasteiger partial charge in [-0.1, -0.05) is 0 Å². The van der Waals surface area contributed by atoms with E-state index >= 15 is 0 Å². The van der Waals surface area contributed by atoms with Gasteiger partial charge in [-0.3, -0.25) is 0 Å². The van der Waals surface area contributed by atoms with Crippen LogP contribution in [0.25, 0.3) is 10.9 Å². The minimum atomic E-state index is 0.498. The Kier molecular flexibility index (Phi) is 1.94. The molecule has 1 aromatic heterocycles. The molecular formula is C10H12N2O. The zero-order valence-corrected chi connectivity index (χ0v) is 7.50. The fourth-order valence-electron chi connectivity index (χ4n) is 1.47. The molecule has 0 fully saturated rings. The Hall–Kier alpha value is -1.48. The largest absolute Gasteiger partial charge is 0.496 e. The Bertz CT molecular complexity index is 382. The molecule has 2 aromatic rings. The molecule has 2 rings (SSSR count). The van der Waals surface area contributed by atoms with Gasteiger partial charge in [0.2, 0.25) is 0 Å². The summed E-state index contributed by atoms with van der Waals surface area (Å²) in [7, 11) is 1.66. The van der Waals surface area contributed by atoms with Crippen LogP contribution in [-0.2, 0) is 6.54 Å². The first-order valence-corrected chi connectivity index (χ1v) is 4.19. The first kappa shape index (κ1) is 8.13. The van der Waals surface area contributed by atoms with Crippen molar-refractivity contribution in [3.8, 4) is 5.75 Å². The van der Waals surface area contributed by atoms with Crippen LogP contribution >= 0.6 is 0 Å². The Morgan fingerprint density at radius 2 is 2.31 bits per heavy atom. The van der Waals surface area contributed by atoms with E-state index in [9.17, 15) is 0 Å². The predicted octanol–water partition coefficient (Wildman–Crippen LogP) is 1.64. The number of hydrogen-bond donors (Lipinski definition) is 2. The Balaban J connectivity index is 2.67. The first-order valence-electron chi connectivity index (χ1n) is 4.19. The summed E-state index contributed by atoms with van der Waals surface area (Å²) in [6.07, 6.45) is 1.91. The molecule has 0 spiro atoms. The third-order valence-electron chi connectivity index (χ3n) is 2.17. The summed E-state index contributed by atoms with van der Waals surface area (Å²) >= 11 is 0. The van der Waals surface area contributed by atoms with E-state index in [2.05, 4.69) is 4.98 Å². The Labute approximate surface area is 76.5 Å². The van der Waals surface area contributed by atoms with Crippen molar-refractivity contribution < 1.29 is 4.74 Å². The monoisotopic (exact) mass is 176 g/mol. The van der Waals surface area contributed by atoms with E-state index in [0.29, 0.717) is 6.54 Å². The van der Waals surface area contributed by atoms with Gasteiger partial charge in [0.1, 0.15) is 5.75 Å². The van der Waals surface area contributed by atoms with Gasteiger partial charge in [0.15, 0.2) is 0 Å². The maximum absolute atomic E-state index is 5.59. The first-order chi connectivity index (χ1) is 6.35. The highest BCUT2D eigenvalue weighted by Gasteiger charge is 2.03. The van der Waals surface area contributed by atoms with E-state index in [1.165, 1.54) is 0 Å². The Morgan fingerprint density at radius 1 is 1.46 bits per heavy atom. The molecule has 0 aliphatic heterocycles. The van der Waals surface area contributed by atoms with E-state index in [1.807, 2.05) is 24.4 Å². The number of nitrogens with two attached hydrogens (primary N) is 1. The molecule has 0 bridgehead atoms. The van der Waals surface area contributed by atoms with Crippen molar-refractivity contribution >= 4 is 10.9 Å². The van der Waals surface area contributed by atoms with Gasteiger partial charge in [0.25, 0.3) is 0 Å². The number of aromatic nitrogens is 1. The lowest BCUT2D eigenvalue weighted by molar-refractivity contribution is 0.410. The van der Waals surface area contributed by atoms with Gasteiger partial charge >= 0.3 is 0 Å². The number of aromatic amines is 1. The topological polar surface area (TPSA) is 51.0 Å². The zero-order chi connectivity index (χ0) is 9.26. The van der Waals surface area contributed by atoms with Gasteiger partial charge in [0.05, 0.1) is 7.11 Å². The molecule has 1 heterocycles. The standard InChI is InChI=1S/C10H12N2O/c1-13-10-5-7-2-3-12-9(7)4-8(10)6-11/h2-5,12H,6,11H2,1H3. The molecule has 1 aromatic carbocycles. The number of fused-ring (bicyclic) bond motifs is 1. The van der Waals surface area contributed by atoms with E-state index in [0.717, 1.165) is 22.2 Å². The number of rotatable bonds is 2. The van der Waals surface area contributed by atoms with Crippen LogP contribution in [0.2, 0.25) is 0 Å². The van der Waals surface area contributed by atoms with Crippen LogP contribution in [0.3, 0.4) is 0 Å². The minimum Gasteiger partial charge on any atom is -0.496 e. The van der Waals surface area contributed by atoms with Crippen molar-refractivity contribution in [2.45, 2.75) is 6.54 Å². The van der Waals surface area contributed by atoms with E-state index in [-0.39, 0.29) is 0 Å². The van der Waals surface area contributed by atoms with Gasteiger partial charge < -0.3 is 15.5 Å². The van der Waals surface area contributed by atoms with E-state index in [1.54, 1.807) is 7.11 Å². The van der Waals surface area contributed by atoms with Crippen molar-refractivity contribution in [3.05, 3.63) is 30.0 Å². The summed E-state index contributed by atoms with van der Waals surface area (Å²) in [5.74, 6) is 0.856. The van der Waals surface area contributed by atoms with E-state index in [4.69, 9.17) is 10.5 Å². The molecule has 0 aliphatic rings. The van der Waals surface area contributed by atoms with Crippen molar-refractivity contribution in [1.29, 1.82) is 0 Å². The number of hydrogen-bond acceptors (Lipinski definition) is 2. The number of H-pyrrole nitrogens is 1. The highest BCUT2D eigenvalue weighted by atomic mass is 16.5. The SMILES string of the molecule is COc1cc2cc[nH]c2cc1CN. The van der Waals surface area contributed by atoms with Crippen LogP contribution in [0, 0.1) is 0 Å². The molecule has 0 atom stereocenters. The summed E-state index contributed by atoms with van der Waals surface area (Å²) in [6, 6.07) is 6.03. The van der Waals surface area contributed by atoms with Gasteiger partial charge in [-0.05, 0) is 18.2 Å². The van der Waals surface area contributed by atoms with Gasteiger partial charge in [-0.15, -0.1) is 0 Å². The summed E-state index contributed by atoms with van der Waals surface area (Å²) in [6.45, 7) is 0.498. The number of methoxy groups -OCH3 is 1. The fourth-order valence-corrected chi connectivity index (χ4v) is 1.47. The molecule has 0 aliphatic carbocycles. The molecule has 0 saturated heterocycles. The third-order valence-corrected chi connectivity index (χ3v) is 2.17. The summed E-state index contributed by atoms with van der Waals surface area (Å²) in [4.78, 5) is 3.13. The molecule has 0 radical (unpaired) electrons. The van der Waals surface area contributed by atoms with Crippen LogP contribution in [0.15, 0.2) is 24.4 Å². The molecule has 13 heavy (non-hydrogen) atoms. The Morgan fingerprint density at radius 3 is 3.00 bits per heavy atom. The molecule has 0 saturated carbocycles. The summed E-state index contributed by atoms with van der Waals surface area (Å²) in [5, 5.41) is 1.15. The van der Waals surface area contributed by atoms with Gasteiger partial charge in [-0.2, -0.15) is 0 Å². The average Bonchev–Trinajstić information content (AvgIpc) is 2.62. The molecular weight excluding hydrogens is 164 g/mol. The second-order valence-electron chi connectivity index (χ2n) is 2.93. The minimum absolute atomic E-state index is 0.498. The lowest BCUT2D eigenvalue weighted by Crippen LogP contribution is -1.99. The van der Waals surface area contributed by atoms with Crippen LogP contribution in [0.4, 0.5) is 0 Å². The van der Waals surface area contributed by atoms with Crippen molar-refractivity contribution in [2.75, 3.05) is 7.11 Å². The number of nitrogens with one attached hydrogen (secondary N) is 1. The van der Waals surface area contributed by atoms with Crippen LogP contribution in [0.5, 0.6) is 5.75 Å². The van der Waals surface area contributed by atoms with Crippen LogP contribution < -0.4 is 10.5 Å². The van der Waals surface area contributed by atoms with Gasteiger partial charge in [0, 0.05) is 29.2 Å². The normalized spacial score (nSPS) is 10.6. The average molecular weight is 176 g/mol.